The lowest BCUT2D eigenvalue weighted by atomic mass is 10.1. The smallest absolute Gasteiger partial charge is 0.349 e. The van der Waals surface area contributed by atoms with Crippen LogP contribution in [0.1, 0.15) is 11.1 Å². The Morgan fingerprint density at radius 1 is 1.35 bits per heavy atom. The Morgan fingerprint density at radius 2 is 1.95 bits per heavy atom. The van der Waals surface area contributed by atoms with E-state index < -0.39 is 4.92 Å². The molecule has 0 bridgehead atoms. The molecule has 1 aromatic carbocycles. The Balaban J connectivity index is 2.44. The van der Waals surface area contributed by atoms with Crippen molar-refractivity contribution in [2.75, 3.05) is 5.73 Å². The number of anilines is 1. The van der Waals surface area contributed by atoms with E-state index in [1.165, 1.54) is 0 Å². The number of rotatable bonds is 3. The molecule has 0 aliphatic carbocycles. The molecular formula is C12H11ClN4O3. The van der Waals surface area contributed by atoms with Crippen molar-refractivity contribution >= 4 is 23.2 Å². The van der Waals surface area contributed by atoms with Crippen LogP contribution in [0.3, 0.4) is 0 Å². The molecule has 0 radical (unpaired) electrons. The zero-order chi connectivity index (χ0) is 14.9. The van der Waals surface area contributed by atoms with E-state index in [4.69, 9.17) is 22.1 Å². The van der Waals surface area contributed by atoms with Gasteiger partial charge in [-0.15, -0.1) is 0 Å². The molecule has 0 amide bonds. The zero-order valence-corrected chi connectivity index (χ0v) is 11.5. The summed E-state index contributed by atoms with van der Waals surface area (Å²) in [6.07, 6.45) is 1.01. The van der Waals surface area contributed by atoms with Gasteiger partial charge in [-0.1, -0.05) is 11.6 Å². The van der Waals surface area contributed by atoms with Crippen LogP contribution in [0.15, 0.2) is 18.3 Å². The second-order valence-corrected chi connectivity index (χ2v) is 4.53. The summed E-state index contributed by atoms with van der Waals surface area (Å²) in [5.41, 5.74) is 6.66. The molecule has 0 saturated carbocycles. The molecule has 0 saturated heterocycles. The molecule has 2 aromatic rings. The molecule has 2 N–H and O–H groups in total. The fraction of sp³-hybridized carbons (Fsp3) is 0.167. The molecule has 0 atom stereocenters. The standard InChI is InChI=1S/C12H11ClN4O3/c1-6-3-8(4-7(2)10(6)13)20-11-9(17(18)19)5-15-12(14)16-11/h3-5H,1-2H3,(H2,14,15,16). The van der Waals surface area contributed by atoms with Gasteiger partial charge in [0.15, 0.2) is 0 Å². The summed E-state index contributed by atoms with van der Waals surface area (Å²) in [6.45, 7) is 3.62. The number of aryl methyl sites for hydroxylation is 2. The van der Waals surface area contributed by atoms with Gasteiger partial charge in [-0.05, 0) is 37.1 Å². The summed E-state index contributed by atoms with van der Waals surface area (Å²) in [5.74, 6) is 0.0854. The van der Waals surface area contributed by atoms with Crippen LogP contribution in [-0.2, 0) is 0 Å². The van der Waals surface area contributed by atoms with Crippen LogP contribution < -0.4 is 10.5 Å². The summed E-state index contributed by atoms with van der Waals surface area (Å²) in [7, 11) is 0. The minimum atomic E-state index is -0.635. The quantitative estimate of drug-likeness (QED) is 0.689. The van der Waals surface area contributed by atoms with Crippen LogP contribution in [0, 0.1) is 24.0 Å². The van der Waals surface area contributed by atoms with Crippen molar-refractivity contribution in [3.63, 3.8) is 0 Å². The van der Waals surface area contributed by atoms with E-state index in [0.29, 0.717) is 10.8 Å². The lowest BCUT2D eigenvalue weighted by molar-refractivity contribution is -0.386. The second kappa shape index (κ2) is 5.30. The molecule has 0 fully saturated rings. The monoisotopic (exact) mass is 294 g/mol. The maximum atomic E-state index is 10.9. The summed E-state index contributed by atoms with van der Waals surface area (Å²) in [6, 6.07) is 3.33. The Kier molecular flexibility index (Phi) is 3.71. The predicted octanol–water partition coefficient (Wildman–Crippen LogP) is 3.03. The topological polar surface area (TPSA) is 104 Å². The first-order valence-corrected chi connectivity index (χ1v) is 5.98. The number of halogens is 1. The Bertz CT molecular complexity index is 667. The van der Waals surface area contributed by atoms with Gasteiger partial charge in [0, 0.05) is 5.02 Å². The zero-order valence-electron chi connectivity index (χ0n) is 10.8. The highest BCUT2D eigenvalue weighted by Gasteiger charge is 2.19. The molecule has 0 unspecified atom stereocenters. The minimum Gasteiger partial charge on any atom is -0.434 e. The van der Waals surface area contributed by atoms with E-state index in [9.17, 15) is 10.1 Å². The van der Waals surface area contributed by atoms with Crippen molar-refractivity contribution in [1.82, 2.24) is 9.97 Å². The number of nitrogens with zero attached hydrogens (tertiary/aromatic N) is 3. The minimum absolute atomic E-state index is 0.104. The first-order valence-electron chi connectivity index (χ1n) is 5.60. The van der Waals surface area contributed by atoms with Crippen LogP contribution in [0.4, 0.5) is 11.6 Å². The summed E-state index contributed by atoms with van der Waals surface area (Å²) >= 11 is 6.05. The van der Waals surface area contributed by atoms with Crippen molar-refractivity contribution in [2.24, 2.45) is 0 Å². The van der Waals surface area contributed by atoms with E-state index in [1.54, 1.807) is 12.1 Å². The largest absolute Gasteiger partial charge is 0.434 e. The van der Waals surface area contributed by atoms with Crippen molar-refractivity contribution in [3.05, 3.63) is 44.6 Å². The predicted molar refractivity (Wildman–Crippen MR) is 74.1 cm³/mol. The fourth-order valence-corrected chi connectivity index (χ4v) is 1.76. The normalized spacial score (nSPS) is 10.3. The molecule has 8 heteroatoms. The van der Waals surface area contributed by atoms with E-state index in [2.05, 4.69) is 9.97 Å². The van der Waals surface area contributed by atoms with Crippen molar-refractivity contribution in [1.29, 1.82) is 0 Å². The van der Waals surface area contributed by atoms with E-state index in [0.717, 1.165) is 17.3 Å². The van der Waals surface area contributed by atoms with Gasteiger partial charge >= 0.3 is 11.6 Å². The van der Waals surface area contributed by atoms with Crippen molar-refractivity contribution in [3.8, 4) is 11.6 Å². The molecule has 104 valence electrons. The fourth-order valence-electron chi connectivity index (χ4n) is 1.65. The van der Waals surface area contributed by atoms with E-state index in [1.807, 2.05) is 13.8 Å². The second-order valence-electron chi connectivity index (χ2n) is 4.15. The molecule has 0 spiro atoms. The number of nitro groups is 1. The summed E-state index contributed by atoms with van der Waals surface area (Å²) in [4.78, 5) is 17.6. The third kappa shape index (κ3) is 2.77. The molecule has 1 aromatic heterocycles. The molecule has 2 rings (SSSR count). The molecular weight excluding hydrogens is 284 g/mol. The molecule has 7 nitrogen and oxygen atoms in total. The van der Waals surface area contributed by atoms with Gasteiger partial charge in [0.1, 0.15) is 11.9 Å². The van der Waals surface area contributed by atoms with Gasteiger partial charge < -0.3 is 10.5 Å². The van der Waals surface area contributed by atoms with Crippen LogP contribution >= 0.6 is 11.6 Å². The number of aromatic nitrogens is 2. The van der Waals surface area contributed by atoms with Gasteiger partial charge in [0.25, 0.3) is 0 Å². The lowest BCUT2D eigenvalue weighted by Gasteiger charge is -2.09. The number of benzene rings is 1. The molecule has 0 aliphatic rings. The van der Waals surface area contributed by atoms with E-state index in [-0.39, 0.29) is 17.5 Å². The van der Waals surface area contributed by atoms with E-state index >= 15 is 0 Å². The van der Waals surface area contributed by atoms with Crippen molar-refractivity contribution < 1.29 is 9.66 Å². The van der Waals surface area contributed by atoms with Gasteiger partial charge in [-0.3, -0.25) is 10.1 Å². The first kappa shape index (κ1) is 14.0. The molecule has 1 heterocycles. The third-order valence-electron chi connectivity index (χ3n) is 2.58. The highest BCUT2D eigenvalue weighted by molar-refractivity contribution is 6.32. The summed E-state index contributed by atoms with van der Waals surface area (Å²) < 4.78 is 5.44. The average molecular weight is 295 g/mol. The van der Waals surface area contributed by atoms with Crippen LogP contribution in [0.25, 0.3) is 0 Å². The lowest BCUT2D eigenvalue weighted by Crippen LogP contribution is -2.01. The van der Waals surface area contributed by atoms with Crippen LogP contribution in [0.5, 0.6) is 11.6 Å². The van der Waals surface area contributed by atoms with Crippen LogP contribution in [0.2, 0.25) is 5.02 Å². The van der Waals surface area contributed by atoms with Crippen molar-refractivity contribution in [2.45, 2.75) is 13.8 Å². The third-order valence-corrected chi connectivity index (χ3v) is 3.17. The van der Waals surface area contributed by atoms with Crippen LogP contribution in [-0.4, -0.2) is 14.9 Å². The average Bonchev–Trinajstić information content (AvgIpc) is 2.35. The number of nitrogens with two attached hydrogens (primary N) is 1. The Labute approximate surface area is 119 Å². The Morgan fingerprint density at radius 3 is 2.50 bits per heavy atom. The first-order chi connectivity index (χ1) is 9.38. The number of ether oxygens (including phenoxy) is 1. The van der Waals surface area contributed by atoms with Gasteiger partial charge in [0.2, 0.25) is 5.95 Å². The highest BCUT2D eigenvalue weighted by atomic mass is 35.5. The molecule has 0 aliphatic heterocycles. The highest BCUT2D eigenvalue weighted by Crippen LogP contribution is 2.32. The SMILES string of the molecule is Cc1cc(Oc2nc(N)ncc2[N+](=O)[O-])cc(C)c1Cl. The number of hydrogen-bond donors (Lipinski definition) is 1. The number of nitrogen functional groups attached to an aromatic ring is 1. The van der Waals surface area contributed by atoms with Gasteiger partial charge in [-0.2, -0.15) is 4.98 Å². The van der Waals surface area contributed by atoms with Gasteiger partial charge in [0.05, 0.1) is 4.92 Å². The maximum absolute atomic E-state index is 10.9. The van der Waals surface area contributed by atoms with Gasteiger partial charge in [-0.25, -0.2) is 4.98 Å². The number of hydrogen-bond acceptors (Lipinski definition) is 6. The summed E-state index contributed by atoms with van der Waals surface area (Å²) in [5, 5.41) is 11.5. The maximum Gasteiger partial charge on any atom is 0.349 e. The Hall–Kier alpha value is -2.41. The molecule has 20 heavy (non-hydrogen) atoms.